The normalized spacial score (nSPS) is 20.2. The molecule has 1 aliphatic heterocycles. The highest BCUT2D eigenvalue weighted by atomic mass is 79.9. The average molecular weight is 427 g/mol. The summed E-state index contributed by atoms with van der Waals surface area (Å²) < 4.78 is 27.5. The maximum Gasteiger partial charge on any atom is 0.322 e. The molecule has 0 aromatic heterocycles. The van der Waals surface area contributed by atoms with E-state index in [0.29, 0.717) is 21.8 Å². The van der Waals surface area contributed by atoms with Crippen molar-refractivity contribution in [1.82, 2.24) is 4.31 Å². The molecule has 1 aromatic rings. The molecule has 0 amide bonds. The summed E-state index contributed by atoms with van der Waals surface area (Å²) in [4.78, 5) is 11.3. The van der Waals surface area contributed by atoms with Crippen molar-refractivity contribution in [3.05, 3.63) is 26.6 Å². The van der Waals surface area contributed by atoms with E-state index in [1.807, 2.05) is 6.92 Å². The van der Waals surface area contributed by atoms with E-state index < -0.39 is 22.0 Å². The molecule has 0 spiro atoms. The largest absolute Gasteiger partial charge is 0.480 e. The third-order valence-electron chi connectivity index (χ3n) is 3.29. The van der Waals surface area contributed by atoms with Gasteiger partial charge in [0.05, 0.1) is 4.90 Å². The quantitative estimate of drug-likeness (QED) is 0.806. The van der Waals surface area contributed by atoms with Crippen molar-refractivity contribution >= 4 is 47.9 Å². The van der Waals surface area contributed by atoms with E-state index in [1.165, 1.54) is 6.07 Å². The van der Waals surface area contributed by atoms with Crippen molar-refractivity contribution < 1.29 is 18.3 Å². The Balaban J connectivity index is 2.50. The fourth-order valence-electron chi connectivity index (χ4n) is 2.23. The van der Waals surface area contributed by atoms with E-state index in [2.05, 4.69) is 31.9 Å². The molecular formula is C12H13Br2NO4S. The van der Waals surface area contributed by atoms with Crippen molar-refractivity contribution in [2.45, 2.75) is 30.7 Å². The molecule has 0 radical (unpaired) electrons. The molecule has 1 saturated heterocycles. The second-order valence-corrected chi connectivity index (χ2v) is 8.21. The fourth-order valence-corrected chi connectivity index (χ4v) is 5.52. The van der Waals surface area contributed by atoms with Gasteiger partial charge in [-0.15, -0.1) is 0 Å². The lowest BCUT2D eigenvalue weighted by Gasteiger charge is -2.22. The number of benzene rings is 1. The zero-order chi connectivity index (χ0) is 15.1. The van der Waals surface area contributed by atoms with Crippen molar-refractivity contribution in [1.29, 1.82) is 0 Å². The second-order valence-electron chi connectivity index (χ2n) is 4.64. The molecule has 0 bridgehead atoms. The zero-order valence-electron chi connectivity index (χ0n) is 10.6. The predicted molar refractivity (Wildman–Crippen MR) is 81.1 cm³/mol. The number of aryl methyl sites for hydroxylation is 1. The van der Waals surface area contributed by atoms with E-state index >= 15 is 0 Å². The summed E-state index contributed by atoms with van der Waals surface area (Å²) in [6.07, 6.45) is 0.903. The van der Waals surface area contributed by atoms with Crippen LogP contribution in [0.25, 0.3) is 0 Å². The van der Waals surface area contributed by atoms with Crippen LogP contribution in [0.5, 0.6) is 0 Å². The first kappa shape index (κ1) is 15.9. The first-order valence-electron chi connectivity index (χ1n) is 5.95. The summed E-state index contributed by atoms with van der Waals surface area (Å²) in [5, 5.41) is 9.13. The van der Waals surface area contributed by atoms with Gasteiger partial charge in [-0.25, -0.2) is 8.42 Å². The van der Waals surface area contributed by atoms with Gasteiger partial charge in [0, 0.05) is 15.5 Å². The summed E-state index contributed by atoms with van der Waals surface area (Å²) >= 11 is 6.55. The van der Waals surface area contributed by atoms with Crippen LogP contribution in [0.2, 0.25) is 0 Å². The highest BCUT2D eigenvalue weighted by Gasteiger charge is 2.40. The molecule has 5 nitrogen and oxygen atoms in total. The highest BCUT2D eigenvalue weighted by Crippen LogP contribution is 2.33. The summed E-state index contributed by atoms with van der Waals surface area (Å²) in [5.74, 6) is -1.10. The lowest BCUT2D eigenvalue weighted by Crippen LogP contribution is -2.40. The molecular weight excluding hydrogens is 414 g/mol. The molecule has 0 saturated carbocycles. The molecule has 20 heavy (non-hydrogen) atoms. The number of aliphatic carboxylic acids is 1. The summed E-state index contributed by atoms with van der Waals surface area (Å²) in [7, 11) is -3.83. The van der Waals surface area contributed by atoms with E-state index in [0.717, 1.165) is 9.87 Å². The molecule has 8 heteroatoms. The summed E-state index contributed by atoms with van der Waals surface area (Å²) in [6, 6.07) is 2.22. The van der Waals surface area contributed by atoms with Crippen LogP contribution in [0, 0.1) is 6.92 Å². The van der Waals surface area contributed by atoms with Crippen molar-refractivity contribution in [2.75, 3.05) is 6.54 Å². The molecule has 2 rings (SSSR count). The molecule has 0 aliphatic carbocycles. The zero-order valence-corrected chi connectivity index (χ0v) is 14.6. The van der Waals surface area contributed by atoms with E-state index in [9.17, 15) is 13.2 Å². The van der Waals surface area contributed by atoms with Crippen molar-refractivity contribution in [2.24, 2.45) is 0 Å². The second kappa shape index (κ2) is 5.75. The number of hydrogen-bond acceptors (Lipinski definition) is 3. The monoisotopic (exact) mass is 425 g/mol. The molecule has 1 atom stereocenters. The average Bonchev–Trinajstić information content (AvgIpc) is 2.83. The number of sulfonamides is 1. The van der Waals surface area contributed by atoms with Gasteiger partial charge in [0.2, 0.25) is 10.0 Å². The van der Waals surface area contributed by atoms with Gasteiger partial charge in [-0.2, -0.15) is 4.31 Å². The third kappa shape index (κ3) is 2.79. The van der Waals surface area contributed by atoms with E-state index in [-0.39, 0.29) is 11.4 Å². The van der Waals surface area contributed by atoms with Crippen molar-refractivity contribution in [3.63, 3.8) is 0 Å². The van der Waals surface area contributed by atoms with Crippen LogP contribution < -0.4 is 0 Å². The van der Waals surface area contributed by atoms with Gasteiger partial charge in [0.25, 0.3) is 0 Å². The molecule has 1 fully saturated rings. The Labute approximate surface area is 134 Å². The number of halogens is 2. The fraction of sp³-hybridized carbons (Fsp3) is 0.417. The Morgan fingerprint density at radius 1 is 1.35 bits per heavy atom. The Hall–Kier alpha value is -0.440. The van der Waals surface area contributed by atoms with Gasteiger partial charge in [-0.1, -0.05) is 15.9 Å². The van der Waals surface area contributed by atoms with Crippen LogP contribution in [0.15, 0.2) is 26.0 Å². The molecule has 1 aliphatic rings. The molecule has 0 unspecified atom stereocenters. The molecule has 110 valence electrons. The maximum atomic E-state index is 12.6. The van der Waals surface area contributed by atoms with Gasteiger partial charge in [-0.05, 0) is 53.4 Å². The van der Waals surface area contributed by atoms with E-state index in [4.69, 9.17) is 5.11 Å². The number of carbonyl (C=O) groups is 1. The summed E-state index contributed by atoms with van der Waals surface area (Å²) in [6.45, 7) is 2.08. The smallest absolute Gasteiger partial charge is 0.322 e. The first-order chi connectivity index (χ1) is 9.25. The molecule has 1 N–H and O–H groups in total. The first-order valence-corrected chi connectivity index (χ1v) is 8.98. The molecule has 1 heterocycles. The van der Waals surface area contributed by atoms with Crippen LogP contribution in [0.1, 0.15) is 18.4 Å². The predicted octanol–water partition coefficient (Wildman–Crippen LogP) is 2.76. The van der Waals surface area contributed by atoms with Crippen molar-refractivity contribution in [3.8, 4) is 0 Å². The van der Waals surface area contributed by atoms with Crippen LogP contribution in [-0.2, 0) is 14.8 Å². The lowest BCUT2D eigenvalue weighted by molar-refractivity contribution is -0.140. The van der Waals surface area contributed by atoms with Gasteiger partial charge >= 0.3 is 5.97 Å². The lowest BCUT2D eigenvalue weighted by atomic mass is 10.2. The standard InChI is InChI=1S/C12H13Br2NO4S/c1-7-5-9(14)11(6-8(7)13)20(18,19)15-4-2-3-10(15)12(16)17/h5-6,10H,2-4H2,1H3,(H,16,17)/t10-/m1/s1. The van der Waals surface area contributed by atoms with Crippen LogP contribution in [0.3, 0.4) is 0 Å². The Morgan fingerprint density at radius 3 is 2.60 bits per heavy atom. The van der Waals surface area contributed by atoms with Gasteiger partial charge in [0.1, 0.15) is 6.04 Å². The number of rotatable bonds is 3. The van der Waals surface area contributed by atoms with Gasteiger partial charge in [0.15, 0.2) is 0 Å². The number of hydrogen-bond donors (Lipinski definition) is 1. The van der Waals surface area contributed by atoms with Gasteiger partial charge in [-0.3, -0.25) is 4.79 Å². The minimum atomic E-state index is -3.83. The topological polar surface area (TPSA) is 74.7 Å². The Bertz CT molecular complexity index is 660. The molecule has 1 aromatic carbocycles. The summed E-state index contributed by atoms with van der Waals surface area (Å²) in [5.41, 5.74) is 0.895. The van der Waals surface area contributed by atoms with Crippen LogP contribution in [-0.4, -0.2) is 36.4 Å². The Morgan fingerprint density at radius 2 is 2.00 bits per heavy atom. The number of nitrogens with zero attached hydrogens (tertiary/aromatic N) is 1. The van der Waals surface area contributed by atoms with Gasteiger partial charge < -0.3 is 5.11 Å². The Kier molecular flexibility index (Phi) is 4.58. The van der Waals surface area contributed by atoms with Crippen LogP contribution >= 0.6 is 31.9 Å². The third-order valence-corrected chi connectivity index (χ3v) is 7.01. The maximum absolute atomic E-state index is 12.6. The minimum Gasteiger partial charge on any atom is -0.480 e. The van der Waals surface area contributed by atoms with Crippen LogP contribution in [0.4, 0.5) is 0 Å². The SMILES string of the molecule is Cc1cc(Br)c(S(=O)(=O)N2CCC[C@@H]2C(=O)O)cc1Br. The minimum absolute atomic E-state index is 0.0862. The van der Waals surface area contributed by atoms with E-state index in [1.54, 1.807) is 6.07 Å². The number of carboxylic acid groups (broad SMARTS) is 1. The highest BCUT2D eigenvalue weighted by molar-refractivity contribution is 9.11. The number of carboxylic acids is 1.